The molecular formula is C23H34N2O3. The first-order valence-corrected chi connectivity index (χ1v) is 11.0. The Kier molecular flexibility index (Phi) is 6.53. The summed E-state index contributed by atoms with van der Waals surface area (Å²) in [4.78, 5) is 18.0. The number of piperidine rings is 1. The Hall–Kier alpha value is -1.59. The lowest BCUT2D eigenvalue weighted by Crippen LogP contribution is -2.51. The molecule has 0 spiro atoms. The van der Waals surface area contributed by atoms with Crippen molar-refractivity contribution in [2.45, 2.75) is 57.1 Å². The second-order valence-corrected chi connectivity index (χ2v) is 8.57. The smallest absolute Gasteiger partial charge is 0.257 e. The largest absolute Gasteiger partial charge is 0.491 e. The molecule has 0 radical (unpaired) electrons. The van der Waals surface area contributed by atoms with Gasteiger partial charge < -0.3 is 14.4 Å². The first kappa shape index (κ1) is 19.7. The Bertz CT molecular complexity index is 661. The lowest BCUT2D eigenvalue weighted by Gasteiger charge is -2.41. The fourth-order valence-electron chi connectivity index (χ4n) is 4.75. The van der Waals surface area contributed by atoms with E-state index in [2.05, 4.69) is 9.80 Å². The van der Waals surface area contributed by atoms with Crippen molar-refractivity contribution in [1.29, 1.82) is 0 Å². The summed E-state index contributed by atoms with van der Waals surface area (Å²) < 4.78 is 11.9. The third-order valence-electron chi connectivity index (χ3n) is 6.50. The van der Waals surface area contributed by atoms with Crippen molar-refractivity contribution in [3.8, 4) is 5.75 Å². The zero-order chi connectivity index (χ0) is 19.3. The molecule has 1 aromatic carbocycles. The highest BCUT2D eigenvalue weighted by Gasteiger charge is 2.35. The van der Waals surface area contributed by atoms with Crippen molar-refractivity contribution >= 4 is 5.91 Å². The second-order valence-electron chi connectivity index (χ2n) is 8.57. The Morgan fingerprint density at radius 1 is 1.04 bits per heavy atom. The van der Waals surface area contributed by atoms with Crippen LogP contribution in [0, 0.1) is 5.92 Å². The molecule has 4 rings (SSSR count). The lowest BCUT2D eigenvalue weighted by atomic mass is 9.93. The van der Waals surface area contributed by atoms with E-state index >= 15 is 0 Å². The van der Waals surface area contributed by atoms with Crippen molar-refractivity contribution in [1.82, 2.24) is 9.80 Å². The standard InChI is InChI=1S/C23H34N2O3/c1-27-22-10-6-14-25-20(22)8-4-5-13-24(17-18-11-12-18)15-16-28-21-9-3-2-7-19(21)23(25)26/h2-3,7,9,18,20,22H,4-6,8,10-17H2,1H3/t20-,22-/m1/s1. The molecule has 28 heavy (non-hydrogen) atoms. The van der Waals surface area contributed by atoms with Crippen LogP contribution in [0.15, 0.2) is 24.3 Å². The second kappa shape index (κ2) is 9.27. The molecule has 1 saturated carbocycles. The van der Waals surface area contributed by atoms with E-state index in [0.29, 0.717) is 12.2 Å². The average Bonchev–Trinajstić information content (AvgIpc) is 3.54. The Labute approximate surface area is 169 Å². The summed E-state index contributed by atoms with van der Waals surface area (Å²) in [6.07, 6.45) is 8.26. The van der Waals surface area contributed by atoms with Crippen LogP contribution >= 0.6 is 0 Å². The number of amides is 1. The topological polar surface area (TPSA) is 42.0 Å². The average molecular weight is 387 g/mol. The van der Waals surface area contributed by atoms with Crippen LogP contribution in [0.4, 0.5) is 0 Å². The van der Waals surface area contributed by atoms with Gasteiger partial charge in [-0.15, -0.1) is 0 Å². The van der Waals surface area contributed by atoms with Gasteiger partial charge in [0, 0.05) is 26.7 Å². The molecule has 2 atom stereocenters. The Morgan fingerprint density at radius 2 is 1.89 bits per heavy atom. The minimum absolute atomic E-state index is 0.0939. The molecule has 154 valence electrons. The quantitative estimate of drug-likeness (QED) is 0.796. The highest BCUT2D eigenvalue weighted by atomic mass is 16.5. The first-order chi connectivity index (χ1) is 13.8. The van der Waals surface area contributed by atoms with Gasteiger partial charge in [-0.25, -0.2) is 0 Å². The monoisotopic (exact) mass is 386 g/mol. The van der Waals surface area contributed by atoms with Crippen LogP contribution in [-0.2, 0) is 4.74 Å². The minimum Gasteiger partial charge on any atom is -0.491 e. The SMILES string of the molecule is CO[C@@H]1CCCN2C(=O)c3ccccc3OCCN(CC3CC3)CCCC[C@H]12. The molecule has 1 saturated heterocycles. The number of fused-ring (bicyclic) bond motifs is 2. The first-order valence-electron chi connectivity index (χ1n) is 11.0. The molecule has 5 heteroatoms. The number of benzene rings is 1. The van der Waals surface area contributed by atoms with Gasteiger partial charge in [-0.2, -0.15) is 0 Å². The van der Waals surface area contributed by atoms with Crippen LogP contribution in [0.2, 0.25) is 0 Å². The van der Waals surface area contributed by atoms with E-state index in [0.717, 1.165) is 57.0 Å². The summed E-state index contributed by atoms with van der Waals surface area (Å²) >= 11 is 0. The zero-order valence-corrected chi connectivity index (χ0v) is 17.1. The van der Waals surface area contributed by atoms with Crippen LogP contribution in [0.25, 0.3) is 0 Å². The van der Waals surface area contributed by atoms with E-state index in [1.807, 2.05) is 24.3 Å². The van der Waals surface area contributed by atoms with E-state index < -0.39 is 0 Å². The summed E-state index contributed by atoms with van der Waals surface area (Å²) in [5, 5.41) is 0. The minimum atomic E-state index is 0.0939. The van der Waals surface area contributed by atoms with Gasteiger partial charge in [-0.1, -0.05) is 18.6 Å². The van der Waals surface area contributed by atoms with Gasteiger partial charge in [0.2, 0.25) is 0 Å². The fraction of sp³-hybridized carbons (Fsp3) is 0.696. The number of rotatable bonds is 3. The van der Waals surface area contributed by atoms with Gasteiger partial charge in [-0.3, -0.25) is 9.69 Å². The van der Waals surface area contributed by atoms with Gasteiger partial charge >= 0.3 is 0 Å². The van der Waals surface area contributed by atoms with Crippen LogP contribution in [0.5, 0.6) is 5.75 Å². The van der Waals surface area contributed by atoms with Crippen molar-refractivity contribution in [2.75, 3.05) is 39.9 Å². The predicted molar refractivity (Wildman–Crippen MR) is 110 cm³/mol. The molecule has 0 unspecified atom stereocenters. The summed E-state index contributed by atoms with van der Waals surface area (Å²) in [7, 11) is 1.79. The molecule has 2 fully saturated rings. The van der Waals surface area contributed by atoms with Gasteiger partial charge in [0.25, 0.3) is 5.91 Å². The molecule has 0 bridgehead atoms. The van der Waals surface area contributed by atoms with Gasteiger partial charge in [0.15, 0.2) is 0 Å². The molecular weight excluding hydrogens is 352 g/mol. The molecule has 2 heterocycles. The Balaban J connectivity index is 1.56. The summed E-state index contributed by atoms with van der Waals surface area (Å²) in [5.41, 5.74) is 0.692. The number of carbonyl (C=O) groups is 1. The maximum absolute atomic E-state index is 13.4. The number of methoxy groups -OCH3 is 1. The molecule has 1 aliphatic carbocycles. The van der Waals surface area contributed by atoms with E-state index in [4.69, 9.17) is 9.47 Å². The van der Waals surface area contributed by atoms with E-state index in [9.17, 15) is 4.79 Å². The van der Waals surface area contributed by atoms with Crippen LogP contribution in [0.3, 0.4) is 0 Å². The third kappa shape index (κ3) is 4.69. The van der Waals surface area contributed by atoms with Gasteiger partial charge in [0.1, 0.15) is 12.4 Å². The maximum atomic E-state index is 13.4. The van der Waals surface area contributed by atoms with Crippen LogP contribution in [0.1, 0.15) is 55.3 Å². The number of para-hydroxylation sites is 1. The normalized spacial score (nSPS) is 27.6. The van der Waals surface area contributed by atoms with Crippen molar-refractivity contribution in [2.24, 2.45) is 5.92 Å². The zero-order valence-electron chi connectivity index (χ0n) is 17.1. The lowest BCUT2D eigenvalue weighted by molar-refractivity contribution is -0.0155. The molecule has 0 N–H and O–H groups in total. The van der Waals surface area contributed by atoms with Gasteiger partial charge in [0.05, 0.1) is 17.7 Å². The summed E-state index contributed by atoms with van der Waals surface area (Å²) in [5.74, 6) is 1.70. The third-order valence-corrected chi connectivity index (χ3v) is 6.50. The molecule has 0 aromatic heterocycles. The number of carbonyl (C=O) groups excluding carboxylic acids is 1. The van der Waals surface area contributed by atoms with E-state index in [-0.39, 0.29) is 18.1 Å². The van der Waals surface area contributed by atoms with Gasteiger partial charge in [-0.05, 0) is 63.1 Å². The highest BCUT2D eigenvalue weighted by Crippen LogP contribution is 2.31. The molecule has 1 amide bonds. The molecule has 1 aromatic rings. The molecule has 3 aliphatic rings. The van der Waals surface area contributed by atoms with Crippen molar-refractivity contribution in [3.63, 3.8) is 0 Å². The van der Waals surface area contributed by atoms with Crippen LogP contribution in [-0.4, -0.2) is 67.7 Å². The number of hydrogen-bond donors (Lipinski definition) is 0. The summed E-state index contributed by atoms with van der Waals surface area (Å²) in [6.45, 7) is 4.71. The highest BCUT2D eigenvalue weighted by molar-refractivity contribution is 5.97. The van der Waals surface area contributed by atoms with Crippen molar-refractivity contribution in [3.05, 3.63) is 29.8 Å². The number of ether oxygens (including phenoxy) is 2. The van der Waals surface area contributed by atoms with E-state index in [1.165, 1.54) is 25.8 Å². The number of nitrogens with zero attached hydrogens (tertiary/aromatic N) is 2. The molecule has 2 aliphatic heterocycles. The summed E-state index contributed by atoms with van der Waals surface area (Å²) in [6, 6.07) is 7.90. The number of hydrogen-bond acceptors (Lipinski definition) is 4. The van der Waals surface area contributed by atoms with Crippen molar-refractivity contribution < 1.29 is 14.3 Å². The van der Waals surface area contributed by atoms with Crippen LogP contribution < -0.4 is 4.74 Å². The van der Waals surface area contributed by atoms with E-state index in [1.54, 1.807) is 7.11 Å². The fourth-order valence-corrected chi connectivity index (χ4v) is 4.75. The molecule has 5 nitrogen and oxygen atoms in total. The predicted octanol–water partition coefficient (Wildman–Crippen LogP) is 3.58. The Morgan fingerprint density at radius 3 is 2.71 bits per heavy atom. The maximum Gasteiger partial charge on any atom is 0.257 e.